The minimum absolute atomic E-state index is 0.906. The lowest BCUT2D eigenvalue weighted by Crippen LogP contribution is -2.05. The molecular formula is C14H19N3. The van der Waals surface area contributed by atoms with E-state index in [0.29, 0.717) is 0 Å². The number of rotatable bonds is 4. The first kappa shape index (κ1) is 11.9. The topological polar surface area (TPSA) is 29.9 Å². The van der Waals surface area contributed by atoms with Gasteiger partial charge in [0.25, 0.3) is 0 Å². The number of aryl methyl sites for hydroxylation is 2. The van der Waals surface area contributed by atoms with Crippen LogP contribution < -0.4 is 5.32 Å². The highest BCUT2D eigenvalue weighted by Gasteiger charge is 2.07. The standard InChI is InChI=1S/C14H19N3/c1-4-17-8-7-16-14(17)13-6-5-12(10-15-3)9-11(13)2/h5-9,15H,4,10H2,1-3H3. The molecule has 17 heavy (non-hydrogen) atoms. The van der Waals surface area contributed by atoms with Crippen molar-refractivity contribution in [2.24, 2.45) is 0 Å². The fraction of sp³-hybridized carbons (Fsp3) is 0.357. The molecule has 0 aliphatic heterocycles. The third-order valence-corrected chi connectivity index (χ3v) is 2.97. The molecule has 0 amide bonds. The molecule has 0 aliphatic carbocycles. The van der Waals surface area contributed by atoms with Crippen LogP contribution in [0.1, 0.15) is 18.1 Å². The summed E-state index contributed by atoms with van der Waals surface area (Å²) in [5.41, 5.74) is 3.80. The smallest absolute Gasteiger partial charge is 0.140 e. The first-order chi connectivity index (χ1) is 8.26. The minimum atomic E-state index is 0.906. The van der Waals surface area contributed by atoms with Gasteiger partial charge < -0.3 is 9.88 Å². The lowest BCUT2D eigenvalue weighted by Gasteiger charge is -2.09. The number of benzene rings is 1. The van der Waals surface area contributed by atoms with Crippen molar-refractivity contribution in [3.8, 4) is 11.4 Å². The van der Waals surface area contributed by atoms with Crippen molar-refractivity contribution in [2.75, 3.05) is 7.05 Å². The molecule has 1 aromatic carbocycles. The Labute approximate surface area is 103 Å². The predicted octanol–water partition coefficient (Wildman–Crippen LogP) is 2.60. The van der Waals surface area contributed by atoms with Gasteiger partial charge in [0.15, 0.2) is 0 Å². The Kier molecular flexibility index (Phi) is 3.59. The summed E-state index contributed by atoms with van der Waals surface area (Å²) in [6.45, 7) is 6.13. The maximum absolute atomic E-state index is 4.44. The Hall–Kier alpha value is -1.61. The predicted molar refractivity (Wildman–Crippen MR) is 70.8 cm³/mol. The second kappa shape index (κ2) is 5.15. The number of imidazole rings is 1. The van der Waals surface area contributed by atoms with Gasteiger partial charge in [-0.05, 0) is 32.0 Å². The van der Waals surface area contributed by atoms with Gasteiger partial charge in [0.1, 0.15) is 5.82 Å². The van der Waals surface area contributed by atoms with E-state index in [1.165, 1.54) is 16.7 Å². The van der Waals surface area contributed by atoms with E-state index in [1.807, 2.05) is 19.4 Å². The Morgan fingerprint density at radius 3 is 2.82 bits per heavy atom. The van der Waals surface area contributed by atoms with E-state index in [1.54, 1.807) is 0 Å². The van der Waals surface area contributed by atoms with E-state index in [0.717, 1.165) is 18.9 Å². The van der Waals surface area contributed by atoms with E-state index in [4.69, 9.17) is 0 Å². The van der Waals surface area contributed by atoms with E-state index in [-0.39, 0.29) is 0 Å². The highest BCUT2D eigenvalue weighted by Crippen LogP contribution is 2.22. The third-order valence-electron chi connectivity index (χ3n) is 2.97. The van der Waals surface area contributed by atoms with Crippen LogP contribution in [0.3, 0.4) is 0 Å². The molecule has 1 heterocycles. The summed E-state index contributed by atoms with van der Waals surface area (Å²) >= 11 is 0. The average molecular weight is 229 g/mol. The highest BCUT2D eigenvalue weighted by atomic mass is 15.1. The molecule has 0 radical (unpaired) electrons. The van der Waals surface area contributed by atoms with Crippen LogP contribution in [0.15, 0.2) is 30.6 Å². The molecule has 3 nitrogen and oxygen atoms in total. The van der Waals surface area contributed by atoms with E-state index in [2.05, 4.69) is 46.9 Å². The Morgan fingerprint density at radius 1 is 1.35 bits per heavy atom. The van der Waals surface area contributed by atoms with E-state index < -0.39 is 0 Å². The summed E-state index contributed by atoms with van der Waals surface area (Å²) in [6.07, 6.45) is 3.88. The summed E-state index contributed by atoms with van der Waals surface area (Å²) < 4.78 is 2.17. The van der Waals surface area contributed by atoms with Gasteiger partial charge >= 0.3 is 0 Å². The Balaban J connectivity index is 2.39. The van der Waals surface area contributed by atoms with Gasteiger partial charge in [-0.3, -0.25) is 0 Å². The molecule has 2 rings (SSSR count). The van der Waals surface area contributed by atoms with Crippen LogP contribution in [0.25, 0.3) is 11.4 Å². The zero-order chi connectivity index (χ0) is 12.3. The molecule has 0 aliphatic rings. The number of nitrogens with one attached hydrogen (secondary N) is 1. The average Bonchev–Trinajstić information content (AvgIpc) is 2.77. The summed E-state index contributed by atoms with van der Waals surface area (Å²) in [5.74, 6) is 1.06. The van der Waals surface area contributed by atoms with E-state index in [9.17, 15) is 0 Å². The first-order valence-corrected chi connectivity index (χ1v) is 6.02. The highest BCUT2D eigenvalue weighted by molar-refractivity contribution is 5.61. The van der Waals surface area contributed by atoms with Crippen LogP contribution in [-0.2, 0) is 13.1 Å². The fourth-order valence-electron chi connectivity index (χ4n) is 2.10. The fourth-order valence-corrected chi connectivity index (χ4v) is 2.10. The van der Waals surface area contributed by atoms with Crippen LogP contribution in [0.2, 0.25) is 0 Å². The number of hydrogen-bond acceptors (Lipinski definition) is 2. The molecule has 0 saturated heterocycles. The lowest BCUT2D eigenvalue weighted by molar-refractivity contribution is 0.770. The van der Waals surface area contributed by atoms with Crippen LogP contribution in [-0.4, -0.2) is 16.6 Å². The Bertz CT molecular complexity index is 500. The molecule has 2 aromatic rings. The zero-order valence-electron chi connectivity index (χ0n) is 10.7. The minimum Gasteiger partial charge on any atom is -0.331 e. The molecule has 0 spiro atoms. The second-order valence-electron chi connectivity index (χ2n) is 4.22. The van der Waals surface area contributed by atoms with Crippen molar-refractivity contribution in [1.29, 1.82) is 0 Å². The van der Waals surface area contributed by atoms with Crippen LogP contribution in [0.4, 0.5) is 0 Å². The molecule has 0 bridgehead atoms. The molecule has 1 aromatic heterocycles. The van der Waals surface area contributed by atoms with Crippen molar-refractivity contribution in [3.63, 3.8) is 0 Å². The zero-order valence-corrected chi connectivity index (χ0v) is 10.7. The molecule has 0 fully saturated rings. The largest absolute Gasteiger partial charge is 0.331 e. The SMILES string of the molecule is CCn1ccnc1-c1ccc(CNC)cc1C. The van der Waals surface area contributed by atoms with E-state index >= 15 is 0 Å². The molecule has 0 saturated carbocycles. The third kappa shape index (κ3) is 2.39. The van der Waals surface area contributed by atoms with Gasteiger partial charge in [0, 0.05) is 31.0 Å². The van der Waals surface area contributed by atoms with Crippen molar-refractivity contribution >= 4 is 0 Å². The van der Waals surface area contributed by atoms with Gasteiger partial charge in [-0.25, -0.2) is 4.98 Å². The lowest BCUT2D eigenvalue weighted by atomic mass is 10.0. The van der Waals surface area contributed by atoms with Crippen molar-refractivity contribution in [1.82, 2.24) is 14.9 Å². The molecule has 90 valence electrons. The van der Waals surface area contributed by atoms with Gasteiger partial charge in [0.05, 0.1) is 0 Å². The summed E-state index contributed by atoms with van der Waals surface area (Å²) in [5, 5.41) is 3.17. The molecule has 3 heteroatoms. The van der Waals surface area contributed by atoms with Crippen LogP contribution >= 0.6 is 0 Å². The van der Waals surface area contributed by atoms with Gasteiger partial charge in [-0.1, -0.05) is 18.2 Å². The van der Waals surface area contributed by atoms with Crippen molar-refractivity contribution in [2.45, 2.75) is 26.9 Å². The first-order valence-electron chi connectivity index (χ1n) is 6.02. The summed E-state index contributed by atoms with van der Waals surface area (Å²) in [4.78, 5) is 4.44. The Morgan fingerprint density at radius 2 is 2.18 bits per heavy atom. The molecule has 0 unspecified atom stereocenters. The normalized spacial score (nSPS) is 10.8. The maximum atomic E-state index is 4.44. The van der Waals surface area contributed by atoms with Crippen molar-refractivity contribution in [3.05, 3.63) is 41.7 Å². The van der Waals surface area contributed by atoms with Gasteiger partial charge in [-0.15, -0.1) is 0 Å². The molecule has 0 atom stereocenters. The quantitative estimate of drug-likeness (QED) is 0.873. The van der Waals surface area contributed by atoms with Gasteiger partial charge in [0.2, 0.25) is 0 Å². The summed E-state index contributed by atoms with van der Waals surface area (Å²) in [7, 11) is 1.97. The second-order valence-corrected chi connectivity index (χ2v) is 4.22. The van der Waals surface area contributed by atoms with Crippen LogP contribution in [0, 0.1) is 6.92 Å². The van der Waals surface area contributed by atoms with Crippen molar-refractivity contribution < 1.29 is 0 Å². The number of nitrogens with zero attached hydrogens (tertiary/aromatic N) is 2. The van der Waals surface area contributed by atoms with Crippen LogP contribution in [0.5, 0.6) is 0 Å². The molecular weight excluding hydrogens is 210 g/mol. The number of hydrogen-bond donors (Lipinski definition) is 1. The molecule has 1 N–H and O–H groups in total. The monoisotopic (exact) mass is 229 g/mol. The maximum Gasteiger partial charge on any atom is 0.140 e. The summed E-state index contributed by atoms with van der Waals surface area (Å²) in [6, 6.07) is 6.55. The number of aromatic nitrogens is 2. The van der Waals surface area contributed by atoms with Gasteiger partial charge in [-0.2, -0.15) is 0 Å².